The molecule has 0 unspecified atom stereocenters. The number of ether oxygens (including phenoxy) is 1. The minimum absolute atomic E-state index is 0.0316. The van der Waals surface area contributed by atoms with Gasteiger partial charge in [0.1, 0.15) is 6.61 Å². The lowest BCUT2D eigenvalue weighted by Gasteiger charge is -2.24. The first kappa shape index (κ1) is 15.5. The van der Waals surface area contributed by atoms with Gasteiger partial charge in [-0.1, -0.05) is 12.1 Å². The monoisotopic (exact) mass is 287 g/mol. The molecular formula is C16H21N3O2. The van der Waals surface area contributed by atoms with Crippen molar-refractivity contribution in [2.45, 2.75) is 25.5 Å². The van der Waals surface area contributed by atoms with Gasteiger partial charge in [0, 0.05) is 13.6 Å². The molecule has 0 saturated carbocycles. The number of amides is 1. The van der Waals surface area contributed by atoms with Crippen LogP contribution in [0.25, 0.3) is 0 Å². The van der Waals surface area contributed by atoms with Crippen molar-refractivity contribution in [1.29, 1.82) is 5.26 Å². The van der Waals surface area contributed by atoms with Gasteiger partial charge < -0.3 is 15.0 Å². The number of piperidine rings is 1. The fourth-order valence-corrected chi connectivity index (χ4v) is 2.36. The van der Waals surface area contributed by atoms with E-state index >= 15 is 0 Å². The lowest BCUT2D eigenvalue weighted by molar-refractivity contribution is -0.137. The average Bonchev–Trinajstić information content (AvgIpc) is 2.53. The minimum Gasteiger partial charge on any atom is -0.368 e. The van der Waals surface area contributed by atoms with Gasteiger partial charge >= 0.3 is 0 Å². The van der Waals surface area contributed by atoms with Crippen molar-refractivity contribution in [1.82, 2.24) is 10.2 Å². The second kappa shape index (κ2) is 7.77. The third-order valence-corrected chi connectivity index (χ3v) is 3.63. The molecule has 5 nitrogen and oxygen atoms in total. The van der Waals surface area contributed by atoms with Gasteiger partial charge in [-0.3, -0.25) is 4.79 Å². The zero-order valence-corrected chi connectivity index (χ0v) is 12.3. The normalized spacial score (nSPS) is 15.4. The Kier molecular flexibility index (Phi) is 5.73. The number of benzene rings is 1. The molecular weight excluding hydrogens is 266 g/mol. The molecule has 0 aliphatic carbocycles. The highest BCUT2D eigenvalue weighted by Crippen LogP contribution is 2.09. The van der Waals surface area contributed by atoms with Crippen molar-refractivity contribution in [3.05, 3.63) is 35.4 Å². The zero-order valence-electron chi connectivity index (χ0n) is 12.3. The molecule has 1 N–H and O–H groups in total. The summed E-state index contributed by atoms with van der Waals surface area (Å²) in [4.78, 5) is 13.7. The largest absolute Gasteiger partial charge is 0.368 e. The standard InChI is InChI=1S/C16H21N3O2/c1-19(11-14-4-2-3-13(9-14)10-17)16(20)12-21-15-5-7-18-8-6-15/h2-4,9,15,18H,5-8,11-12H2,1H3. The van der Waals surface area contributed by atoms with Crippen molar-refractivity contribution in [3.8, 4) is 6.07 Å². The Morgan fingerprint density at radius 1 is 1.48 bits per heavy atom. The highest BCUT2D eigenvalue weighted by molar-refractivity contribution is 5.77. The summed E-state index contributed by atoms with van der Waals surface area (Å²) in [6.45, 7) is 2.52. The molecule has 112 valence electrons. The number of hydrogen-bond acceptors (Lipinski definition) is 4. The predicted octanol–water partition coefficient (Wildman–Crippen LogP) is 1.29. The van der Waals surface area contributed by atoms with Gasteiger partial charge in [0.25, 0.3) is 0 Å². The van der Waals surface area contributed by atoms with Crippen LogP contribution >= 0.6 is 0 Å². The van der Waals surface area contributed by atoms with Crippen molar-refractivity contribution in [2.75, 3.05) is 26.7 Å². The van der Waals surface area contributed by atoms with Gasteiger partial charge in [-0.25, -0.2) is 0 Å². The molecule has 1 fully saturated rings. The Labute approximate surface area is 125 Å². The van der Waals surface area contributed by atoms with Crippen molar-refractivity contribution >= 4 is 5.91 Å². The summed E-state index contributed by atoms with van der Waals surface area (Å²) >= 11 is 0. The van der Waals surface area contributed by atoms with Crippen molar-refractivity contribution < 1.29 is 9.53 Å². The highest BCUT2D eigenvalue weighted by atomic mass is 16.5. The number of rotatable bonds is 5. The van der Waals surface area contributed by atoms with E-state index in [1.165, 1.54) is 0 Å². The van der Waals surface area contributed by atoms with Gasteiger partial charge in [0.2, 0.25) is 5.91 Å². The van der Waals surface area contributed by atoms with E-state index in [1.807, 2.05) is 12.1 Å². The molecule has 1 amide bonds. The number of carbonyl (C=O) groups excluding carboxylic acids is 1. The number of likely N-dealkylation sites (N-methyl/N-ethyl adjacent to an activating group) is 1. The Morgan fingerprint density at radius 2 is 2.24 bits per heavy atom. The number of carbonyl (C=O) groups is 1. The number of nitriles is 1. The molecule has 0 spiro atoms. The van der Waals surface area contributed by atoms with Crippen LogP contribution in [0.1, 0.15) is 24.0 Å². The van der Waals surface area contributed by atoms with Crippen molar-refractivity contribution in [2.24, 2.45) is 0 Å². The fraction of sp³-hybridized carbons (Fsp3) is 0.500. The maximum Gasteiger partial charge on any atom is 0.248 e. The van der Waals surface area contributed by atoms with E-state index in [0.29, 0.717) is 12.1 Å². The molecule has 1 heterocycles. The van der Waals surface area contributed by atoms with Crippen LogP contribution in [0.3, 0.4) is 0 Å². The molecule has 1 aromatic rings. The second-order valence-electron chi connectivity index (χ2n) is 5.32. The Morgan fingerprint density at radius 3 is 2.95 bits per heavy atom. The van der Waals surface area contributed by atoms with Crippen LogP contribution in [-0.2, 0) is 16.1 Å². The summed E-state index contributed by atoms with van der Waals surface area (Å²) in [5.74, 6) is -0.0316. The van der Waals surface area contributed by atoms with Gasteiger partial charge in [0.15, 0.2) is 0 Å². The molecule has 1 aromatic carbocycles. The van der Waals surface area contributed by atoms with E-state index in [4.69, 9.17) is 10.00 Å². The van der Waals surface area contributed by atoms with E-state index < -0.39 is 0 Å². The van der Waals surface area contributed by atoms with Gasteiger partial charge in [-0.05, 0) is 43.6 Å². The van der Waals surface area contributed by atoms with Crippen LogP contribution in [0.15, 0.2) is 24.3 Å². The zero-order chi connectivity index (χ0) is 15.1. The van der Waals surface area contributed by atoms with Crippen LogP contribution in [0.5, 0.6) is 0 Å². The van der Waals surface area contributed by atoms with Crippen LogP contribution in [-0.4, -0.2) is 43.7 Å². The Bertz CT molecular complexity index is 518. The van der Waals surface area contributed by atoms with Gasteiger partial charge in [-0.15, -0.1) is 0 Å². The molecule has 1 aliphatic rings. The van der Waals surface area contributed by atoms with Gasteiger partial charge in [-0.2, -0.15) is 5.26 Å². The summed E-state index contributed by atoms with van der Waals surface area (Å²) in [6, 6.07) is 9.41. The summed E-state index contributed by atoms with van der Waals surface area (Å²) in [6.07, 6.45) is 2.10. The number of nitrogens with zero attached hydrogens (tertiary/aromatic N) is 2. The van der Waals surface area contributed by atoms with E-state index in [1.54, 1.807) is 24.1 Å². The number of hydrogen-bond donors (Lipinski definition) is 1. The molecule has 21 heavy (non-hydrogen) atoms. The maximum atomic E-state index is 12.1. The molecule has 0 atom stereocenters. The predicted molar refractivity (Wildman–Crippen MR) is 79.5 cm³/mol. The third-order valence-electron chi connectivity index (χ3n) is 3.63. The average molecular weight is 287 g/mol. The van der Waals surface area contributed by atoms with Gasteiger partial charge in [0.05, 0.1) is 17.7 Å². The van der Waals surface area contributed by atoms with Crippen LogP contribution in [0, 0.1) is 11.3 Å². The smallest absolute Gasteiger partial charge is 0.248 e. The lowest BCUT2D eigenvalue weighted by atomic mass is 10.1. The highest BCUT2D eigenvalue weighted by Gasteiger charge is 2.16. The first-order chi connectivity index (χ1) is 10.2. The summed E-state index contributed by atoms with van der Waals surface area (Å²) in [5.41, 5.74) is 1.56. The molecule has 1 aliphatic heterocycles. The SMILES string of the molecule is CN(Cc1cccc(C#N)c1)C(=O)COC1CCNCC1. The minimum atomic E-state index is -0.0316. The molecule has 0 bridgehead atoms. The van der Waals surface area contributed by atoms with Crippen LogP contribution in [0.2, 0.25) is 0 Å². The third kappa shape index (κ3) is 4.85. The summed E-state index contributed by atoms with van der Waals surface area (Å²) < 4.78 is 5.66. The lowest BCUT2D eigenvalue weighted by Crippen LogP contribution is -2.36. The summed E-state index contributed by atoms with van der Waals surface area (Å²) in [5, 5.41) is 12.1. The molecule has 2 rings (SSSR count). The quantitative estimate of drug-likeness (QED) is 0.886. The number of nitrogens with one attached hydrogen (secondary N) is 1. The Hall–Kier alpha value is -1.90. The van der Waals surface area contributed by atoms with Crippen LogP contribution < -0.4 is 5.32 Å². The molecule has 5 heteroatoms. The van der Waals surface area contributed by atoms with Crippen molar-refractivity contribution in [3.63, 3.8) is 0 Å². The fourth-order valence-electron chi connectivity index (χ4n) is 2.36. The summed E-state index contributed by atoms with van der Waals surface area (Å²) in [7, 11) is 1.76. The Balaban J connectivity index is 1.80. The molecule has 0 aromatic heterocycles. The van der Waals surface area contributed by atoms with Crippen LogP contribution in [0.4, 0.5) is 0 Å². The van der Waals surface area contributed by atoms with E-state index in [-0.39, 0.29) is 18.6 Å². The molecule has 0 radical (unpaired) electrons. The first-order valence-corrected chi connectivity index (χ1v) is 7.24. The molecule has 1 saturated heterocycles. The second-order valence-corrected chi connectivity index (χ2v) is 5.32. The first-order valence-electron chi connectivity index (χ1n) is 7.24. The van der Waals surface area contributed by atoms with E-state index in [9.17, 15) is 4.79 Å². The topological polar surface area (TPSA) is 65.4 Å². The maximum absolute atomic E-state index is 12.1. The van der Waals surface area contributed by atoms with E-state index in [0.717, 1.165) is 31.5 Å². The van der Waals surface area contributed by atoms with E-state index in [2.05, 4.69) is 11.4 Å².